The van der Waals surface area contributed by atoms with Crippen molar-refractivity contribution < 1.29 is 14.3 Å². The molecule has 0 spiro atoms. The first kappa shape index (κ1) is 13.3. The number of hydrogen-bond donors (Lipinski definition) is 1. The van der Waals surface area contributed by atoms with Crippen molar-refractivity contribution in [1.82, 2.24) is 4.57 Å². The van der Waals surface area contributed by atoms with Crippen LogP contribution in [-0.2, 0) is 6.54 Å². The van der Waals surface area contributed by atoms with E-state index in [0.717, 1.165) is 4.57 Å². The third-order valence-electron chi connectivity index (χ3n) is 2.62. The maximum atomic E-state index is 13.7. The fourth-order valence-electron chi connectivity index (χ4n) is 1.68. The summed E-state index contributed by atoms with van der Waals surface area (Å²) in [6.45, 7) is -0.0770. The van der Waals surface area contributed by atoms with E-state index in [4.69, 9.17) is 16.7 Å². The summed E-state index contributed by atoms with van der Waals surface area (Å²) in [6, 6.07) is 7.08. The standard InChI is InChI=1S/C13H9ClFNO3/c14-10-5-1-3-8(11(10)15)7-16-6-2-4-9(12(16)17)13(18)19/h1-6H,7H2,(H,18,19). The molecule has 2 aromatic rings. The Balaban J connectivity index is 2.45. The maximum Gasteiger partial charge on any atom is 0.341 e. The number of pyridine rings is 1. The smallest absolute Gasteiger partial charge is 0.341 e. The van der Waals surface area contributed by atoms with Crippen molar-refractivity contribution >= 4 is 17.6 Å². The van der Waals surface area contributed by atoms with Gasteiger partial charge in [0.1, 0.15) is 11.4 Å². The number of halogens is 2. The number of nitrogens with zero attached hydrogens (tertiary/aromatic N) is 1. The molecule has 1 aromatic carbocycles. The van der Waals surface area contributed by atoms with Crippen LogP contribution < -0.4 is 5.56 Å². The molecule has 0 radical (unpaired) electrons. The molecule has 0 aliphatic heterocycles. The molecule has 0 saturated carbocycles. The van der Waals surface area contributed by atoms with E-state index in [9.17, 15) is 14.0 Å². The van der Waals surface area contributed by atoms with E-state index in [1.165, 1.54) is 30.5 Å². The molecule has 2 rings (SSSR count). The van der Waals surface area contributed by atoms with Gasteiger partial charge in [0.15, 0.2) is 0 Å². The molecule has 1 heterocycles. The Morgan fingerprint density at radius 2 is 2.05 bits per heavy atom. The van der Waals surface area contributed by atoms with Crippen LogP contribution >= 0.6 is 11.6 Å². The number of aromatic nitrogens is 1. The predicted molar refractivity (Wildman–Crippen MR) is 68.2 cm³/mol. The summed E-state index contributed by atoms with van der Waals surface area (Å²) >= 11 is 5.65. The average Bonchev–Trinajstić information content (AvgIpc) is 2.37. The highest BCUT2D eigenvalue weighted by atomic mass is 35.5. The van der Waals surface area contributed by atoms with Crippen molar-refractivity contribution in [3.8, 4) is 0 Å². The van der Waals surface area contributed by atoms with Crippen LogP contribution in [-0.4, -0.2) is 15.6 Å². The minimum absolute atomic E-state index is 0.0417. The zero-order valence-corrected chi connectivity index (χ0v) is 10.4. The molecule has 1 N–H and O–H groups in total. The van der Waals surface area contributed by atoms with Crippen molar-refractivity contribution in [3.05, 3.63) is 68.8 Å². The molecule has 1 aromatic heterocycles. The van der Waals surface area contributed by atoms with Crippen LogP contribution in [0.15, 0.2) is 41.3 Å². The highest BCUT2D eigenvalue weighted by Crippen LogP contribution is 2.18. The topological polar surface area (TPSA) is 59.3 Å². The lowest BCUT2D eigenvalue weighted by atomic mass is 10.2. The third kappa shape index (κ3) is 2.66. The van der Waals surface area contributed by atoms with Gasteiger partial charge >= 0.3 is 5.97 Å². The molecule has 0 fully saturated rings. The van der Waals surface area contributed by atoms with Crippen LogP contribution in [0.4, 0.5) is 4.39 Å². The van der Waals surface area contributed by atoms with E-state index >= 15 is 0 Å². The first-order valence-corrected chi connectivity index (χ1v) is 5.74. The largest absolute Gasteiger partial charge is 0.477 e. The molecular weight excluding hydrogens is 273 g/mol. The van der Waals surface area contributed by atoms with Crippen molar-refractivity contribution in [1.29, 1.82) is 0 Å². The van der Waals surface area contributed by atoms with E-state index in [-0.39, 0.29) is 22.7 Å². The number of carbonyl (C=O) groups is 1. The van der Waals surface area contributed by atoms with Crippen molar-refractivity contribution in [2.24, 2.45) is 0 Å². The lowest BCUT2D eigenvalue weighted by Gasteiger charge is -2.08. The van der Waals surface area contributed by atoms with E-state index in [1.54, 1.807) is 6.07 Å². The van der Waals surface area contributed by atoms with Gasteiger partial charge in [-0.2, -0.15) is 0 Å². The summed E-state index contributed by atoms with van der Waals surface area (Å²) in [7, 11) is 0. The van der Waals surface area contributed by atoms with Gasteiger partial charge in [-0.15, -0.1) is 0 Å². The Morgan fingerprint density at radius 1 is 1.32 bits per heavy atom. The summed E-state index contributed by atoms with van der Waals surface area (Å²) < 4.78 is 14.8. The van der Waals surface area contributed by atoms with E-state index in [1.807, 2.05) is 0 Å². The van der Waals surface area contributed by atoms with Crippen LogP contribution in [0.1, 0.15) is 15.9 Å². The monoisotopic (exact) mass is 281 g/mol. The van der Waals surface area contributed by atoms with Crippen molar-refractivity contribution in [3.63, 3.8) is 0 Å². The number of hydrogen-bond acceptors (Lipinski definition) is 2. The molecule has 0 bridgehead atoms. The molecule has 0 aliphatic carbocycles. The van der Waals surface area contributed by atoms with Crippen LogP contribution in [0.3, 0.4) is 0 Å². The summed E-state index contributed by atoms with van der Waals surface area (Å²) in [6.07, 6.45) is 1.40. The minimum Gasteiger partial charge on any atom is -0.477 e. The quantitative estimate of drug-likeness (QED) is 0.940. The normalized spacial score (nSPS) is 10.4. The Morgan fingerprint density at radius 3 is 2.74 bits per heavy atom. The highest BCUT2D eigenvalue weighted by molar-refractivity contribution is 6.30. The van der Waals surface area contributed by atoms with Crippen LogP contribution in [0.25, 0.3) is 0 Å². The van der Waals surface area contributed by atoms with E-state index in [0.29, 0.717) is 0 Å². The summed E-state index contributed by atoms with van der Waals surface area (Å²) in [5.74, 6) is -1.93. The van der Waals surface area contributed by atoms with Gasteiger partial charge in [0.05, 0.1) is 11.6 Å². The Kier molecular flexibility index (Phi) is 3.66. The second-order valence-electron chi connectivity index (χ2n) is 3.87. The van der Waals surface area contributed by atoms with Gasteiger partial charge in [-0.05, 0) is 18.2 Å². The van der Waals surface area contributed by atoms with Crippen molar-refractivity contribution in [2.45, 2.75) is 6.54 Å². The molecule has 98 valence electrons. The van der Waals surface area contributed by atoms with Gasteiger partial charge in [-0.3, -0.25) is 4.79 Å². The summed E-state index contributed by atoms with van der Waals surface area (Å²) in [5.41, 5.74) is -0.823. The van der Waals surface area contributed by atoms with Gasteiger partial charge in [0.2, 0.25) is 0 Å². The SMILES string of the molecule is O=C(O)c1cccn(Cc2cccc(Cl)c2F)c1=O. The van der Waals surface area contributed by atoms with Gasteiger partial charge < -0.3 is 9.67 Å². The fraction of sp³-hybridized carbons (Fsp3) is 0.0769. The Hall–Kier alpha value is -2.14. The third-order valence-corrected chi connectivity index (χ3v) is 2.91. The zero-order valence-electron chi connectivity index (χ0n) is 9.64. The van der Waals surface area contributed by atoms with Crippen LogP contribution in [0, 0.1) is 5.82 Å². The first-order valence-electron chi connectivity index (χ1n) is 5.36. The lowest BCUT2D eigenvalue weighted by Crippen LogP contribution is -2.26. The molecule has 0 atom stereocenters. The Labute approximate surface area is 112 Å². The highest BCUT2D eigenvalue weighted by Gasteiger charge is 2.12. The zero-order chi connectivity index (χ0) is 14.0. The number of carboxylic acid groups (broad SMARTS) is 1. The van der Waals surface area contributed by atoms with Crippen LogP contribution in [0.5, 0.6) is 0 Å². The summed E-state index contributed by atoms with van der Waals surface area (Å²) in [4.78, 5) is 22.7. The minimum atomic E-state index is -1.31. The van der Waals surface area contributed by atoms with E-state index in [2.05, 4.69) is 0 Å². The lowest BCUT2D eigenvalue weighted by molar-refractivity contribution is 0.0694. The molecule has 6 heteroatoms. The molecule has 19 heavy (non-hydrogen) atoms. The van der Waals surface area contributed by atoms with Gasteiger partial charge in [-0.25, -0.2) is 9.18 Å². The molecular formula is C13H9ClFNO3. The van der Waals surface area contributed by atoms with Gasteiger partial charge in [0.25, 0.3) is 5.56 Å². The first-order chi connectivity index (χ1) is 9.00. The van der Waals surface area contributed by atoms with Crippen LogP contribution in [0.2, 0.25) is 5.02 Å². The number of benzene rings is 1. The summed E-state index contributed by atoms with van der Waals surface area (Å²) in [5, 5.41) is 8.80. The maximum absolute atomic E-state index is 13.7. The predicted octanol–water partition coefficient (Wildman–Crippen LogP) is 2.39. The molecule has 0 saturated heterocycles. The average molecular weight is 282 g/mol. The molecule has 0 unspecified atom stereocenters. The number of rotatable bonds is 3. The van der Waals surface area contributed by atoms with Gasteiger partial charge in [-0.1, -0.05) is 23.7 Å². The Bertz CT molecular complexity index is 697. The van der Waals surface area contributed by atoms with Crippen molar-refractivity contribution in [2.75, 3.05) is 0 Å². The molecule has 0 amide bonds. The number of aromatic carboxylic acids is 1. The van der Waals surface area contributed by atoms with E-state index < -0.39 is 17.3 Å². The fourth-order valence-corrected chi connectivity index (χ4v) is 1.87. The molecule has 4 nitrogen and oxygen atoms in total. The second-order valence-corrected chi connectivity index (χ2v) is 4.28. The van der Waals surface area contributed by atoms with Gasteiger partial charge in [0, 0.05) is 11.8 Å². The second kappa shape index (κ2) is 5.24. The molecule has 0 aliphatic rings. The number of carboxylic acids is 1.